The number of rotatable bonds is 4. The summed E-state index contributed by atoms with van der Waals surface area (Å²) in [4.78, 5) is 18.5. The first-order valence-electron chi connectivity index (χ1n) is 8.67. The molecule has 0 aliphatic carbocycles. The number of carbonyl (C=O) groups excluding carboxylic acids is 1. The van der Waals surface area contributed by atoms with Crippen LogP contribution < -0.4 is 4.90 Å². The van der Waals surface area contributed by atoms with E-state index in [1.165, 1.54) is 0 Å². The Morgan fingerprint density at radius 2 is 1.41 bits per heavy atom. The summed E-state index contributed by atoms with van der Waals surface area (Å²) in [6, 6.07) is 27.5. The van der Waals surface area contributed by atoms with E-state index in [1.54, 1.807) is 6.08 Å². The van der Waals surface area contributed by atoms with E-state index in [2.05, 4.69) is 22.0 Å². The van der Waals surface area contributed by atoms with Gasteiger partial charge in [0.25, 0.3) is 0 Å². The van der Waals surface area contributed by atoms with Crippen LogP contribution in [0.1, 0.15) is 11.1 Å². The number of hydrogen-bond donors (Lipinski definition) is 0. The number of ether oxygens (including phenoxy) is 1. The zero-order valence-electron chi connectivity index (χ0n) is 14.9. The van der Waals surface area contributed by atoms with Gasteiger partial charge in [0, 0.05) is 24.0 Å². The number of esters is 1. The summed E-state index contributed by atoms with van der Waals surface area (Å²) < 4.78 is 5.29. The predicted octanol–water partition coefficient (Wildman–Crippen LogP) is 4.80. The highest BCUT2D eigenvalue weighted by molar-refractivity contribution is 6.12. The van der Waals surface area contributed by atoms with E-state index in [4.69, 9.17) is 4.74 Å². The van der Waals surface area contributed by atoms with Crippen molar-refractivity contribution in [2.75, 3.05) is 11.9 Å². The minimum Gasteiger partial charge on any atom is -0.402 e. The fraction of sp³-hybridized carbons (Fsp3) is 0.0435. The highest BCUT2D eigenvalue weighted by atomic mass is 16.6. The zero-order valence-corrected chi connectivity index (χ0v) is 14.9. The number of benzene rings is 3. The van der Waals surface area contributed by atoms with E-state index in [-0.39, 0.29) is 0 Å². The van der Waals surface area contributed by atoms with E-state index < -0.39 is 5.97 Å². The van der Waals surface area contributed by atoms with Gasteiger partial charge in [0.1, 0.15) is 0 Å². The molecule has 1 aliphatic rings. The van der Waals surface area contributed by atoms with Crippen molar-refractivity contribution in [2.24, 2.45) is 4.99 Å². The summed E-state index contributed by atoms with van der Waals surface area (Å²) in [5.41, 5.74) is 4.16. The number of cyclic esters (lactones) is 1. The average molecular weight is 354 g/mol. The minimum atomic E-state index is -0.431. The molecule has 0 bridgehead atoms. The summed E-state index contributed by atoms with van der Waals surface area (Å²) in [6.45, 7) is 0. The van der Waals surface area contributed by atoms with Gasteiger partial charge in [-0.15, -0.1) is 0 Å². The number of hydrogen-bond acceptors (Lipinski definition) is 4. The molecule has 4 nitrogen and oxygen atoms in total. The van der Waals surface area contributed by atoms with Crippen LogP contribution in [0.15, 0.2) is 95.6 Å². The standard InChI is InChI=1S/C23H18N2O2/c1-25(19-10-6-3-7-11-19)20-14-12-17(13-15-20)16-21-23(26)27-22(24-21)18-8-4-2-5-9-18/h2-16H,1H3. The van der Waals surface area contributed by atoms with Crippen LogP contribution in [0.4, 0.5) is 11.4 Å². The van der Waals surface area contributed by atoms with Gasteiger partial charge in [-0.25, -0.2) is 9.79 Å². The summed E-state index contributed by atoms with van der Waals surface area (Å²) in [6.07, 6.45) is 1.74. The monoisotopic (exact) mass is 354 g/mol. The largest absolute Gasteiger partial charge is 0.402 e. The molecule has 132 valence electrons. The minimum absolute atomic E-state index is 0.304. The Morgan fingerprint density at radius 1 is 0.815 bits per heavy atom. The van der Waals surface area contributed by atoms with Crippen LogP contribution in [0.25, 0.3) is 6.08 Å². The van der Waals surface area contributed by atoms with Crippen molar-refractivity contribution in [1.82, 2.24) is 0 Å². The molecule has 0 N–H and O–H groups in total. The molecule has 0 radical (unpaired) electrons. The van der Waals surface area contributed by atoms with E-state index in [1.807, 2.05) is 79.8 Å². The number of para-hydroxylation sites is 1. The summed E-state index contributed by atoms with van der Waals surface area (Å²) in [5, 5.41) is 0. The zero-order chi connectivity index (χ0) is 18.6. The lowest BCUT2D eigenvalue weighted by atomic mass is 10.1. The predicted molar refractivity (Wildman–Crippen MR) is 108 cm³/mol. The first-order valence-corrected chi connectivity index (χ1v) is 8.67. The quantitative estimate of drug-likeness (QED) is 0.499. The van der Waals surface area contributed by atoms with Crippen molar-refractivity contribution >= 4 is 29.3 Å². The fourth-order valence-electron chi connectivity index (χ4n) is 2.87. The first kappa shape index (κ1) is 16.8. The van der Waals surface area contributed by atoms with Crippen molar-refractivity contribution in [3.8, 4) is 0 Å². The molecule has 0 unspecified atom stereocenters. The average Bonchev–Trinajstić information content (AvgIpc) is 3.10. The number of nitrogens with zero attached hydrogens (tertiary/aromatic N) is 2. The lowest BCUT2D eigenvalue weighted by Gasteiger charge is -2.19. The normalized spacial score (nSPS) is 14.8. The van der Waals surface area contributed by atoms with Crippen molar-refractivity contribution in [3.05, 3.63) is 102 Å². The van der Waals surface area contributed by atoms with Gasteiger partial charge in [0.05, 0.1) is 0 Å². The molecule has 3 aromatic rings. The Morgan fingerprint density at radius 3 is 2.07 bits per heavy atom. The van der Waals surface area contributed by atoms with Crippen molar-refractivity contribution in [1.29, 1.82) is 0 Å². The van der Waals surface area contributed by atoms with Gasteiger partial charge in [-0.05, 0) is 48.0 Å². The third-order valence-corrected chi connectivity index (χ3v) is 4.37. The van der Waals surface area contributed by atoms with Gasteiger partial charge in [-0.2, -0.15) is 0 Å². The maximum Gasteiger partial charge on any atom is 0.363 e. The molecular formula is C23H18N2O2. The molecule has 0 amide bonds. The molecule has 0 fully saturated rings. The summed E-state index contributed by atoms with van der Waals surface area (Å²) >= 11 is 0. The summed E-state index contributed by atoms with van der Waals surface area (Å²) in [5.74, 6) is -0.0911. The number of carbonyl (C=O) groups is 1. The third kappa shape index (κ3) is 3.65. The molecule has 1 aliphatic heterocycles. The highest BCUT2D eigenvalue weighted by Crippen LogP contribution is 2.25. The molecule has 0 saturated heterocycles. The first-order chi connectivity index (χ1) is 13.2. The topological polar surface area (TPSA) is 41.9 Å². The number of anilines is 2. The van der Waals surface area contributed by atoms with Crippen molar-refractivity contribution in [2.45, 2.75) is 0 Å². The van der Waals surface area contributed by atoms with Crippen LogP contribution >= 0.6 is 0 Å². The van der Waals surface area contributed by atoms with Crippen LogP contribution in [-0.2, 0) is 9.53 Å². The van der Waals surface area contributed by atoms with Gasteiger partial charge in [0.15, 0.2) is 5.70 Å². The van der Waals surface area contributed by atoms with Gasteiger partial charge < -0.3 is 9.64 Å². The lowest BCUT2D eigenvalue weighted by molar-refractivity contribution is -0.129. The Balaban J connectivity index is 1.56. The van der Waals surface area contributed by atoms with Gasteiger partial charge >= 0.3 is 5.97 Å². The third-order valence-electron chi connectivity index (χ3n) is 4.37. The second-order valence-electron chi connectivity index (χ2n) is 6.19. The Labute approximate surface area is 158 Å². The van der Waals surface area contributed by atoms with E-state index in [0.29, 0.717) is 11.6 Å². The van der Waals surface area contributed by atoms with Crippen LogP contribution in [0, 0.1) is 0 Å². The molecule has 0 spiro atoms. The second-order valence-corrected chi connectivity index (χ2v) is 6.19. The molecule has 0 saturated carbocycles. The van der Waals surface area contributed by atoms with Crippen molar-refractivity contribution in [3.63, 3.8) is 0 Å². The van der Waals surface area contributed by atoms with E-state index in [0.717, 1.165) is 22.5 Å². The van der Waals surface area contributed by atoms with Crippen LogP contribution in [0.3, 0.4) is 0 Å². The van der Waals surface area contributed by atoms with Crippen LogP contribution in [0.2, 0.25) is 0 Å². The maximum absolute atomic E-state index is 12.1. The van der Waals surface area contributed by atoms with Crippen LogP contribution in [0.5, 0.6) is 0 Å². The molecule has 1 heterocycles. The molecule has 3 aromatic carbocycles. The van der Waals surface area contributed by atoms with Crippen molar-refractivity contribution < 1.29 is 9.53 Å². The second kappa shape index (κ2) is 7.30. The van der Waals surface area contributed by atoms with Gasteiger partial charge in [0.2, 0.25) is 5.90 Å². The summed E-state index contributed by atoms with van der Waals surface area (Å²) in [7, 11) is 2.02. The fourth-order valence-corrected chi connectivity index (χ4v) is 2.87. The van der Waals surface area contributed by atoms with Gasteiger partial charge in [-0.1, -0.05) is 48.5 Å². The van der Waals surface area contributed by atoms with Crippen LogP contribution in [-0.4, -0.2) is 18.9 Å². The molecule has 4 rings (SSSR count). The molecule has 0 aromatic heterocycles. The SMILES string of the molecule is CN(c1ccccc1)c1ccc(C=C2N=C(c3ccccc3)OC2=O)cc1. The van der Waals surface area contributed by atoms with E-state index >= 15 is 0 Å². The highest BCUT2D eigenvalue weighted by Gasteiger charge is 2.23. The maximum atomic E-state index is 12.1. The Kier molecular flexibility index (Phi) is 4.54. The molecule has 0 atom stereocenters. The van der Waals surface area contributed by atoms with E-state index in [9.17, 15) is 4.79 Å². The Hall–Kier alpha value is -3.66. The molecule has 27 heavy (non-hydrogen) atoms. The molecular weight excluding hydrogens is 336 g/mol. The van der Waals surface area contributed by atoms with Gasteiger partial charge in [-0.3, -0.25) is 0 Å². The molecule has 4 heteroatoms. The Bertz CT molecular complexity index is 1010. The lowest BCUT2D eigenvalue weighted by Crippen LogP contribution is -2.08. The number of aliphatic imine (C=N–C) groups is 1. The smallest absolute Gasteiger partial charge is 0.363 e.